The van der Waals surface area contributed by atoms with Crippen molar-refractivity contribution in [2.45, 2.75) is 51.8 Å². The van der Waals surface area contributed by atoms with Crippen molar-refractivity contribution < 1.29 is 28.7 Å². The van der Waals surface area contributed by atoms with Crippen LogP contribution in [0.15, 0.2) is 30.3 Å². The molecule has 35 heavy (non-hydrogen) atoms. The lowest BCUT2D eigenvalue weighted by Crippen LogP contribution is -2.55. The third-order valence-electron chi connectivity index (χ3n) is 6.13. The Labute approximate surface area is 206 Å². The first-order valence-corrected chi connectivity index (χ1v) is 12.3. The summed E-state index contributed by atoms with van der Waals surface area (Å²) in [6.07, 6.45) is -0.672. The molecule has 192 valence electrons. The smallest absolute Gasteiger partial charge is 0.408 e. The summed E-state index contributed by atoms with van der Waals surface area (Å²) < 4.78 is 10.8. The van der Waals surface area contributed by atoms with Gasteiger partial charge in [0, 0.05) is 32.1 Å². The molecular formula is C25H36N4O6. The Kier molecular flexibility index (Phi) is 9.89. The molecule has 0 aliphatic carbocycles. The van der Waals surface area contributed by atoms with Crippen molar-refractivity contribution in [2.75, 3.05) is 32.8 Å². The largest absolute Gasteiger partial charge is 0.436 e. The van der Waals surface area contributed by atoms with Gasteiger partial charge in [-0.25, -0.2) is 4.79 Å². The third-order valence-corrected chi connectivity index (χ3v) is 6.13. The van der Waals surface area contributed by atoms with Crippen LogP contribution < -0.4 is 16.0 Å². The first-order valence-electron chi connectivity index (χ1n) is 12.3. The van der Waals surface area contributed by atoms with E-state index in [2.05, 4.69) is 16.0 Å². The quantitative estimate of drug-likeness (QED) is 0.454. The molecule has 3 N–H and O–H groups in total. The van der Waals surface area contributed by atoms with Crippen LogP contribution in [0.25, 0.3) is 0 Å². The van der Waals surface area contributed by atoms with Crippen LogP contribution in [0.5, 0.6) is 0 Å². The van der Waals surface area contributed by atoms with Gasteiger partial charge >= 0.3 is 6.09 Å². The maximum absolute atomic E-state index is 13.3. The molecule has 0 spiro atoms. The normalized spacial score (nSPS) is 19.6. The summed E-state index contributed by atoms with van der Waals surface area (Å²) >= 11 is 0. The molecule has 10 nitrogen and oxygen atoms in total. The van der Waals surface area contributed by atoms with Gasteiger partial charge < -0.3 is 30.3 Å². The highest BCUT2D eigenvalue weighted by Crippen LogP contribution is 2.19. The van der Waals surface area contributed by atoms with Crippen LogP contribution in [-0.4, -0.2) is 73.7 Å². The molecular weight excluding hydrogens is 452 g/mol. The van der Waals surface area contributed by atoms with E-state index in [1.165, 1.54) is 0 Å². The zero-order valence-corrected chi connectivity index (χ0v) is 20.5. The van der Waals surface area contributed by atoms with Gasteiger partial charge in [0.15, 0.2) is 6.10 Å². The van der Waals surface area contributed by atoms with Crippen molar-refractivity contribution in [3.05, 3.63) is 35.9 Å². The Balaban J connectivity index is 1.65. The van der Waals surface area contributed by atoms with Crippen molar-refractivity contribution >= 4 is 23.8 Å². The maximum atomic E-state index is 13.3. The standard InChI is InChI=1S/C25H36N4O6/c1-17(2)14-21(35-25(33)27-16-18-6-4-3-5-7-18)23(31)28-20(15-19-8-9-26-22(19)30)24(32)29-10-12-34-13-11-29/h3-7,17,19-21H,8-16H2,1-2H3,(H,26,30)(H,27,33)(H,28,31)/t19-,20-,21-/m0/s1. The number of alkyl carbamates (subject to hydrolysis) is 1. The maximum Gasteiger partial charge on any atom is 0.408 e. The van der Waals surface area contributed by atoms with Gasteiger partial charge in [-0.05, 0) is 30.7 Å². The van der Waals surface area contributed by atoms with Gasteiger partial charge in [0.2, 0.25) is 11.8 Å². The van der Waals surface area contributed by atoms with Gasteiger partial charge in [0.25, 0.3) is 5.91 Å². The van der Waals surface area contributed by atoms with Crippen molar-refractivity contribution in [1.29, 1.82) is 0 Å². The number of nitrogens with zero attached hydrogens (tertiary/aromatic N) is 1. The average molecular weight is 489 g/mol. The number of benzene rings is 1. The highest BCUT2D eigenvalue weighted by Gasteiger charge is 2.36. The molecule has 0 radical (unpaired) electrons. The molecule has 3 rings (SSSR count). The number of carbonyl (C=O) groups is 4. The Hall–Kier alpha value is -3.14. The van der Waals surface area contributed by atoms with Crippen LogP contribution in [0, 0.1) is 11.8 Å². The molecule has 1 aromatic rings. The van der Waals surface area contributed by atoms with Crippen molar-refractivity contribution in [3.8, 4) is 0 Å². The molecule has 0 saturated carbocycles. The van der Waals surface area contributed by atoms with Crippen molar-refractivity contribution in [3.63, 3.8) is 0 Å². The number of hydrogen-bond donors (Lipinski definition) is 3. The summed E-state index contributed by atoms with van der Waals surface area (Å²) in [6, 6.07) is 8.48. The van der Waals surface area contributed by atoms with E-state index >= 15 is 0 Å². The molecule has 2 fully saturated rings. The lowest BCUT2D eigenvalue weighted by Gasteiger charge is -2.32. The molecule has 4 amide bonds. The summed E-state index contributed by atoms with van der Waals surface area (Å²) in [5.41, 5.74) is 0.903. The van der Waals surface area contributed by atoms with Gasteiger partial charge in [0.05, 0.1) is 13.2 Å². The zero-order valence-electron chi connectivity index (χ0n) is 20.5. The first kappa shape index (κ1) is 26.5. The van der Waals surface area contributed by atoms with Gasteiger partial charge in [-0.3, -0.25) is 14.4 Å². The second kappa shape index (κ2) is 13.1. The highest BCUT2D eigenvalue weighted by atomic mass is 16.6. The number of hydrogen-bond acceptors (Lipinski definition) is 6. The molecule has 0 aromatic heterocycles. The molecule has 0 bridgehead atoms. The first-order chi connectivity index (χ1) is 16.8. The molecule has 2 saturated heterocycles. The van der Waals surface area contributed by atoms with Crippen molar-refractivity contribution in [2.24, 2.45) is 11.8 Å². The number of rotatable bonds is 10. The Morgan fingerprint density at radius 1 is 1.17 bits per heavy atom. The molecule has 2 aliphatic rings. The van der Waals surface area contributed by atoms with Gasteiger partial charge in [0.1, 0.15) is 6.04 Å². The number of morpholine rings is 1. The fraction of sp³-hybridized carbons (Fsp3) is 0.600. The van der Waals surface area contributed by atoms with Crippen LogP contribution in [0.4, 0.5) is 4.79 Å². The molecule has 10 heteroatoms. The fourth-order valence-electron chi connectivity index (χ4n) is 4.22. The van der Waals surface area contributed by atoms with E-state index in [9.17, 15) is 19.2 Å². The summed E-state index contributed by atoms with van der Waals surface area (Å²) in [4.78, 5) is 52.7. The predicted octanol–water partition coefficient (Wildman–Crippen LogP) is 1.20. The highest BCUT2D eigenvalue weighted by molar-refractivity contribution is 5.91. The van der Waals surface area contributed by atoms with Crippen molar-refractivity contribution in [1.82, 2.24) is 20.9 Å². The Morgan fingerprint density at radius 2 is 1.89 bits per heavy atom. The minimum Gasteiger partial charge on any atom is -0.436 e. The summed E-state index contributed by atoms with van der Waals surface area (Å²) in [5.74, 6) is -1.20. The lowest BCUT2D eigenvalue weighted by molar-refractivity contribution is -0.142. The van der Waals surface area contributed by atoms with E-state index in [1.54, 1.807) is 4.90 Å². The molecule has 2 heterocycles. The summed E-state index contributed by atoms with van der Waals surface area (Å²) in [5, 5.41) is 8.23. The number of ether oxygens (including phenoxy) is 2. The second-order valence-corrected chi connectivity index (χ2v) is 9.37. The van der Waals surface area contributed by atoms with Crippen LogP contribution in [0.3, 0.4) is 0 Å². The SMILES string of the molecule is CC(C)C[C@H](OC(=O)NCc1ccccc1)C(=O)N[C@@H](C[C@@H]1CCNC1=O)C(=O)N1CCOCC1. The van der Waals surface area contributed by atoms with Crippen LogP contribution >= 0.6 is 0 Å². The molecule has 2 aliphatic heterocycles. The zero-order chi connectivity index (χ0) is 25.2. The second-order valence-electron chi connectivity index (χ2n) is 9.37. The van der Waals surface area contributed by atoms with E-state index in [-0.39, 0.29) is 36.6 Å². The Bertz CT molecular complexity index is 872. The van der Waals surface area contributed by atoms with Crippen LogP contribution in [0.2, 0.25) is 0 Å². The monoisotopic (exact) mass is 488 g/mol. The van der Waals surface area contributed by atoms with E-state index < -0.39 is 24.1 Å². The number of amides is 4. The third kappa shape index (κ3) is 8.24. The van der Waals surface area contributed by atoms with E-state index in [1.807, 2.05) is 44.2 Å². The van der Waals surface area contributed by atoms with Gasteiger partial charge in [-0.15, -0.1) is 0 Å². The Morgan fingerprint density at radius 3 is 2.51 bits per heavy atom. The molecule has 3 atom stereocenters. The molecule has 0 unspecified atom stereocenters. The molecule has 1 aromatic carbocycles. The lowest BCUT2D eigenvalue weighted by atomic mass is 9.96. The van der Waals surface area contributed by atoms with Gasteiger partial charge in [-0.2, -0.15) is 0 Å². The summed E-state index contributed by atoms with van der Waals surface area (Å²) in [6.45, 7) is 6.37. The minimum absolute atomic E-state index is 0.0710. The number of carbonyl (C=O) groups excluding carboxylic acids is 4. The predicted molar refractivity (Wildman–Crippen MR) is 128 cm³/mol. The minimum atomic E-state index is -1.07. The summed E-state index contributed by atoms with van der Waals surface area (Å²) in [7, 11) is 0. The average Bonchev–Trinajstić information content (AvgIpc) is 3.26. The van der Waals surface area contributed by atoms with Gasteiger partial charge in [-0.1, -0.05) is 44.2 Å². The van der Waals surface area contributed by atoms with E-state index in [0.717, 1.165) is 5.56 Å². The van der Waals surface area contributed by atoms with Crippen LogP contribution in [-0.2, 0) is 30.4 Å². The number of nitrogens with one attached hydrogen (secondary N) is 3. The topological polar surface area (TPSA) is 126 Å². The van der Waals surface area contributed by atoms with E-state index in [4.69, 9.17) is 9.47 Å². The fourth-order valence-corrected chi connectivity index (χ4v) is 4.22. The van der Waals surface area contributed by atoms with Crippen LogP contribution in [0.1, 0.15) is 38.7 Å². The van der Waals surface area contributed by atoms with E-state index in [0.29, 0.717) is 45.7 Å².